The average molecular weight is 946 g/mol. The highest BCUT2D eigenvalue weighted by molar-refractivity contribution is 5.97. The Morgan fingerprint density at radius 3 is 1.76 bits per heavy atom. The van der Waals surface area contributed by atoms with E-state index >= 15 is 0 Å². The molecule has 0 radical (unpaired) electrons. The molecule has 17 heteroatoms. The number of nitrogens with two attached hydrogens (primary N) is 2. The van der Waals surface area contributed by atoms with Crippen LogP contribution in [0.25, 0.3) is 11.1 Å². The Bertz CT molecular complexity index is 1970. The molecule has 3 rings (SSSR count). The second-order valence-corrected chi connectivity index (χ2v) is 19.2. The zero-order chi connectivity index (χ0) is 50.5. The van der Waals surface area contributed by atoms with E-state index in [9.17, 15) is 38.4 Å². The molecule has 1 fully saturated rings. The lowest BCUT2D eigenvalue weighted by molar-refractivity contribution is -0.142. The Morgan fingerprint density at radius 1 is 0.647 bits per heavy atom. The molecular weight excluding hydrogens is 867 g/mol. The van der Waals surface area contributed by atoms with Gasteiger partial charge in [0.2, 0.25) is 35.4 Å². The van der Waals surface area contributed by atoms with Gasteiger partial charge in [-0.2, -0.15) is 0 Å². The van der Waals surface area contributed by atoms with Crippen molar-refractivity contribution in [3.63, 3.8) is 0 Å². The molecule has 10 N–H and O–H groups in total. The fourth-order valence-electron chi connectivity index (χ4n) is 8.23. The van der Waals surface area contributed by atoms with Crippen molar-refractivity contribution in [1.29, 1.82) is 0 Å². The van der Waals surface area contributed by atoms with E-state index in [1.165, 1.54) is 25.8 Å². The third kappa shape index (κ3) is 18.7. The predicted octanol–water partition coefficient (Wildman–Crippen LogP) is 3.86. The SMILES string of the molecule is CC(=O)[C@H](CC1CCCCC1)NC(=O)[C@H](CCN)NC(=O)[C@@H](CC(C)C)NC(=O)[C@H](C)N(C)C(=O)[C@H](CCCNC(N)=O)NC(=O)[C@H](Cc1ccc(-c2ccccc2)cc1)NC(=O)[C@@H](C)C(C)C. The van der Waals surface area contributed by atoms with Crippen molar-refractivity contribution >= 4 is 47.3 Å². The monoisotopic (exact) mass is 946 g/mol. The predicted molar refractivity (Wildman–Crippen MR) is 263 cm³/mol. The second kappa shape index (κ2) is 28.5. The zero-order valence-corrected chi connectivity index (χ0v) is 41.5. The molecule has 0 heterocycles. The number of primary amides is 1. The summed E-state index contributed by atoms with van der Waals surface area (Å²) in [6.07, 6.45) is 6.48. The minimum atomic E-state index is -1.21. The van der Waals surface area contributed by atoms with Gasteiger partial charge in [-0.25, -0.2) is 4.79 Å². The number of urea groups is 1. The van der Waals surface area contributed by atoms with Crippen LogP contribution < -0.4 is 43.4 Å². The van der Waals surface area contributed by atoms with Crippen LogP contribution in [0, 0.1) is 23.7 Å². The maximum absolute atomic E-state index is 14.3. The maximum Gasteiger partial charge on any atom is 0.312 e. The molecule has 7 atom stereocenters. The number of rotatable bonds is 27. The van der Waals surface area contributed by atoms with Crippen LogP contribution in [-0.2, 0) is 40.0 Å². The van der Waals surface area contributed by atoms with Crippen molar-refractivity contribution in [2.24, 2.45) is 35.1 Å². The van der Waals surface area contributed by atoms with E-state index < -0.39 is 77.7 Å². The minimum Gasteiger partial charge on any atom is -0.352 e. The van der Waals surface area contributed by atoms with E-state index in [0.29, 0.717) is 12.3 Å². The molecule has 0 aliphatic heterocycles. The molecule has 68 heavy (non-hydrogen) atoms. The Hall–Kier alpha value is -5.84. The molecule has 8 amide bonds. The van der Waals surface area contributed by atoms with Gasteiger partial charge in [-0.05, 0) is 86.9 Å². The maximum atomic E-state index is 14.3. The number of nitrogens with zero attached hydrogens (tertiary/aromatic N) is 1. The number of likely N-dealkylation sites (N-methyl/N-ethyl adjacent to an activating group) is 1. The molecule has 1 saturated carbocycles. The molecule has 2 aromatic carbocycles. The molecule has 0 spiro atoms. The van der Waals surface area contributed by atoms with Crippen molar-refractivity contribution in [1.82, 2.24) is 36.8 Å². The number of hydrogen-bond acceptors (Lipinski definition) is 9. The van der Waals surface area contributed by atoms with Crippen LogP contribution >= 0.6 is 0 Å². The molecule has 17 nitrogen and oxygen atoms in total. The highest BCUT2D eigenvalue weighted by Gasteiger charge is 2.35. The summed E-state index contributed by atoms with van der Waals surface area (Å²) in [6, 6.07) is 10.4. The highest BCUT2D eigenvalue weighted by atomic mass is 16.2. The molecule has 0 saturated heterocycles. The zero-order valence-electron chi connectivity index (χ0n) is 41.5. The van der Waals surface area contributed by atoms with Crippen LogP contribution in [0.5, 0.6) is 0 Å². The van der Waals surface area contributed by atoms with Crippen LogP contribution in [0.1, 0.15) is 118 Å². The largest absolute Gasteiger partial charge is 0.352 e. The second-order valence-electron chi connectivity index (χ2n) is 19.2. The number of benzene rings is 2. The molecule has 0 bridgehead atoms. The van der Waals surface area contributed by atoms with Crippen LogP contribution in [-0.4, -0.2) is 109 Å². The van der Waals surface area contributed by atoms with E-state index in [4.69, 9.17) is 11.5 Å². The standard InChI is InChI=1S/C51H79N9O8/c1-31(2)28-43(48(65)55-40(25-26-52)47(64)57-42(35(7)61)29-36-16-11-9-12-17-36)59-46(63)34(6)60(8)50(67)41(20-15-27-54-51(53)68)56-49(66)44(58-45(62)33(5)32(3)4)30-37-21-23-39(24-22-37)38-18-13-10-14-19-38/h10,13-14,18-19,21-24,31-34,36,40-44H,9,11-12,15-17,20,25-30,52H2,1-8H3,(H,55,65)(H,56,66)(H,57,64)(H,58,62)(H,59,63)(H3,53,54,68)/t33-,34-,40-,41-,42-,43+,44-/m0/s1. The van der Waals surface area contributed by atoms with Crippen LogP contribution in [0.4, 0.5) is 4.79 Å². The first kappa shape index (κ1) is 56.5. The van der Waals surface area contributed by atoms with Crippen LogP contribution in [0.15, 0.2) is 54.6 Å². The van der Waals surface area contributed by atoms with E-state index in [-0.39, 0.29) is 68.7 Å². The van der Waals surface area contributed by atoms with Crippen molar-refractivity contribution in [2.75, 3.05) is 20.1 Å². The van der Waals surface area contributed by atoms with Gasteiger partial charge >= 0.3 is 6.03 Å². The number of Topliss-reactive ketones (excluding diaryl/α,β-unsaturated/α-hetero) is 1. The first-order valence-corrected chi connectivity index (χ1v) is 24.4. The van der Waals surface area contributed by atoms with Gasteiger partial charge in [0, 0.05) is 25.9 Å². The van der Waals surface area contributed by atoms with Gasteiger partial charge in [-0.1, -0.05) is 121 Å². The molecule has 1 aliphatic rings. The van der Waals surface area contributed by atoms with Crippen LogP contribution in [0.2, 0.25) is 0 Å². The summed E-state index contributed by atoms with van der Waals surface area (Å²) in [4.78, 5) is 109. The molecule has 2 aromatic rings. The summed E-state index contributed by atoms with van der Waals surface area (Å²) in [7, 11) is 1.41. The van der Waals surface area contributed by atoms with Crippen molar-refractivity contribution in [2.45, 2.75) is 155 Å². The average Bonchev–Trinajstić information content (AvgIpc) is 3.30. The van der Waals surface area contributed by atoms with E-state index in [0.717, 1.165) is 48.8 Å². The van der Waals surface area contributed by atoms with Crippen molar-refractivity contribution in [3.05, 3.63) is 60.2 Å². The Labute approximate surface area is 403 Å². The summed E-state index contributed by atoms with van der Waals surface area (Å²) >= 11 is 0. The normalized spacial score (nSPS) is 15.9. The number of carbonyl (C=O) groups is 8. The number of nitrogens with one attached hydrogen (secondary N) is 6. The van der Waals surface area contributed by atoms with Crippen LogP contribution in [0.3, 0.4) is 0 Å². The van der Waals surface area contributed by atoms with Crippen molar-refractivity contribution < 1.29 is 38.4 Å². The molecule has 376 valence electrons. The topological polar surface area (TPSA) is 264 Å². The number of amides is 8. The Kier molecular flexibility index (Phi) is 23.7. The number of ketones is 1. The summed E-state index contributed by atoms with van der Waals surface area (Å²) in [6.45, 7) is 12.4. The fourth-order valence-corrected chi connectivity index (χ4v) is 8.23. The molecular formula is C51H79N9O8. The lowest BCUT2D eigenvalue weighted by Crippen LogP contribution is -2.59. The third-order valence-corrected chi connectivity index (χ3v) is 13.0. The van der Waals surface area contributed by atoms with E-state index in [1.807, 2.05) is 82.3 Å². The first-order valence-electron chi connectivity index (χ1n) is 24.4. The molecule has 1 aliphatic carbocycles. The Balaban J connectivity index is 1.81. The van der Waals surface area contributed by atoms with Gasteiger partial charge in [0.25, 0.3) is 0 Å². The smallest absolute Gasteiger partial charge is 0.312 e. The van der Waals surface area contributed by atoms with Gasteiger partial charge in [0.15, 0.2) is 5.78 Å². The number of carbonyl (C=O) groups excluding carboxylic acids is 8. The van der Waals surface area contributed by atoms with Crippen molar-refractivity contribution in [3.8, 4) is 11.1 Å². The minimum absolute atomic E-state index is 0.0171. The highest BCUT2D eigenvalue weighted by Crippen LogP contribution is 2.28. The Morgan fingerprint density at radius 2 is 1.19 bits per heavy atom. The third-order valence-electron chi connectivity index (χ3n) is 13.0. The van der Waals surface area contributed by atoms with Gasteiger partial charge in [-0.15, -0.1) is 0 Å². The number of hydrogen-bond donors (Lipinski definition) is 8. The summed E-state index contributed by atoms with van der Waals surface area (Å²) in [5, 5.41) is 16.6. The summed E-state index contributed by atoms with van der Waals surface area (Å²) in [5.74, 6) is -3.79. The fraction of sp³-hybridized carbons (Fsp3) is 0.608. The quantitative estimate of drug-likeness (QED) is 0.0604. The summed E-state index contributed by atoms with van der Waals surface area (Å²) in [5.41, 5.74) is 13.9. The lowest BCUT2D eigenvalue weighted by Gasteiger charge is -2.31. The first-order chi connectivity index (χ1) is 32.2. The van der Waals surface area contributed by atoms with Gasteiger partial charge in [-0.3, -0.25) is 33.6 Å². The lowest BCUT2D eigenvalue weighted by atomic mass is 9.84. The van der Waals surface area contributed by atoms with E-state index in [2.05, 4.69) is 31.9 Å². The van der Waals surface area contributed by atoms with Gasteiger partial charge in [0.1, 0.15) is 30.2 Å². The summed E-state index contributed by atoms with van der Waals surface area (Å²) < 4.78 is 0. The van der Waals surface area contributed by atoms with Gasteiger partial charge < -0.3 is 48.3 Å². The van der Waals surface area contributed by atoms with E-state index in [1.54, 1.807) is 6.92 Å². The molecule has 0 aromatic heterocycles. The van der Waals surface area contributed by atoms with Gasteiger partial charge in [0.05, 0.1) is 6.04 Å². The molecule has 0 unspecified atom stereocenters.